The zero-order valence-corrected chi connectivity index (χ0v) is 12.3. The zero-order valence-electron chi connectivity index (χ0n) is 12.3. The molecule has 1 atom stereocenters. The van der Waals surface area contributed by atoms with Gasteiger partial charge in [0.1, 0.15) is 5.75 Å². The Morgan fingerprint density at radius 2 is 2.30 bits per heavy atom. The number of ether oxygens (including phenoxy) is 1. The van der Waals surface area contributed by atoms with E-state index in [0.29, 0.717) is 17.2 Å². The van der Waals surface area contributed by atoms with Crippen molar-refractivity contribution >= 4 is 11.5 Å². The van der Waals surface area contributed by atoms with Crippen LogP contribution in [0.2, 0.25) is 0 Å². The summed E-state index contributed by atoms with van der Waals surface area (Å²) in [5.41, 5.74) is 1.62. The molecule has 2 rings (SSSR count). The van der Waals surface area contributed by atoms with Crippen molar-refractivity contribution in [2.75, 3.05) is 31.7 Å². The molecule has 1 aromatic rings. The van der Waals surface area contributed by atoms with Gasteiger partial charge in [0.05, 0.1) is 18.4 Å². The van der Waals surface area contributed by atoms with Crippen LogP contribution < -0.4 is 9.64 Å². The number of piperidine rings is 1. The maximum Gasteiger partial charge on any atom is 0.165 e. The summed E-state index contributed by atoms with van der Waals surface area (Å²) in [7, 11) is 1.59. The van der Waals surface area contributed by atoms with Crippen LogP contribution in [0.3, 0.4) is 0 Å². The van der Waals surface area contributed by atoms with Crippen LogP contribution in [0.4, 0.5) is 5.69 Å². The summed E-state index contributed by atoms with van der Waals surface area (Å²) in [6.07, 6.45) is 3.07. The van der Waals surface area contributed by atoms with Crippen molar-refractivity contribution in [2.24, 2.45) is 5.92 Å². The smallest absolute Gasteiger partial charge is 0.165 e. The molecule has 1 aromatic carbocycles. The number of hydrogen-bond acceptors (Lipinski definition) is 4. The number of ketones is 1. The number of rotatable bonds is 5. The fraction of sp³-hybridized carbons (Fsp3) is 0.562. The number of benzene rings is 1. The van der Waals surface area contributed by atoms with Crippen molar-refractivity contribution in [2.45, 2.75) is 26.2 Å². The monoisotopic (exact) mass is 277 g/mol. The van der Waals surface area contributed by atoms with Crippen LogP contribution in [-0.4, -0.2) is 37.7 Å². The van der Waals surface area contributed by atoms with E-state index in [0.717, 1.165) is 38.0 Å². The molecule has 0 amide bonds. The lowest BCUT2D eigenvalue weighted by Gasteiger charge is -2.35. The highest BCUT2D eigenvalue weighted by molar-refractivity contribution is 6.02. The second-order valence-corrected chi connectivity index (χ2v) is 5.38. The number of Topliss-reactive ketones (excluding diaryl/α,β-unsaturated/α-hetero) is 1. The molecule has 20 heavy (non-hydrogen) atoms. The molecule has 1 fully saturated rings. The van der Waals surface area contributed by atoms with Gasteiger partial charge in [-0.25, -0.2) is 0 Å². The van der Waals surface area contributed by atoms with Crippen LogP contribution in [0.15, 0.2) is 18.2 Å². The Balaban J connectivity index is 2.29. The van der Waals surface area contributed by atoms with Gasteiger partial charge >= 0.3 is 0 Å². The van der Waals surface area contributed by atoms with Gasteiger partial charge in [-0.2, -0.15) is 0 Å². The summed E-state index contributed by atoms with van der Waals surface area (Å²) in [4.78, 5) is 14.2. The highest BCUT2D eigenvalue weighted by atomic mass is 16.5. The molecule has 1 heterocycles. The lowest BCUT2D eigenvalue weighted by atomic mass is 9.94. The van der Waals surface area contributed by atoms with Crippen molar-refractivity contribution in [1.82, 2.24) is 0 Å². The topological polar surface area (TPSA) is 49.8 Å². The minimum atomic E-state index is 0.0294. The Morgan fingerprint density at radius 3 is 2.95 bits per heavy atom. The zero-order chi connectivity index (χ0) is 14.5. The largest absolute Gasteiger partial charge is 0.496 e. The first-order chi connectivity index (χ1) is 9.67. The molecule has 0 saturated carbocycles. The lowest BCUT2D eigenvalue weighted by Crippen LogP contribution is -2.36. The maximum absolute atomic E-state index is 11.9. The van der Waals surface area contributed by atoms with Crippen molar-refractivity contribution in [3.63, 3.8) is 0 Å². The van der Waals surface area contributed by atoms with Gasteiger partial charge in [-0.15, -0.1) is 0 Å². The second-order valence-electron chi connectivity index (χ2n) is 5.38. The minimum absolute atomic E-state index is 0.0294. The molecule has 1 unspecified atom stereocenters. The fourth-order valence-electron chi connectivity index (χ4n) is 3.01. The van der Waals surface area contributed by atoms with Crippen molar-refractivity contribution < 1.29 is 14.6 Å². The summed E-state index contributed by atoms with van der Waals surface area (Å²) in [5.74, 6) is 1.17. The van der Waals surface area contributed by atoms with Crippen LogP contribution in [0.1, 0.15) is 36.5 Å². The van der Waals surface area contributed by atoms with Crippen LogP contribution >= 0.6 is 0 Å². The van der Waals surface area contributed by atoms with E-state index in [2.05, 4.69) is 4.90 Å². The Hall–Kier alpha value is -1.55. The van der Waals surface area contributed by atoms with Crippen LogP contribution in [-0.2, 0) is 0 Å². The molecular formula is C16H23NO3. The second kappa shape index (κ2) is 6.75. The number of methoxy groups -OCH3 is 1. The molecule has 0 bridgehead atoms. The van der Waals surface area contributed by atoms with Crippen LogP contribution in [0, 0.1) is 5.92 Å². The molecule has 1 saturated heterocycles. The molecule has 4 nitrogen and oxygen atoms in total. The van der Waals surface area contributed by atoms with E-state index >= 15 is 0 Å². The normalized spacial score (nSPS) is 18.9. The summed E-state index contributed by atoms with van der Waals surface area (Å²) in [6.45, 7) is 3.66. The van der Waals surface area contributed by atoms with Gasteiger partial charge in [0.2, 0.25) is 0 Å². The molecule has 1 aliphatic rings. The van der Waals surface area contributed by atoms with E-state index in [1.807, 2.05) is 18.2 Å². The first-order valence-electron chi connectivity index (χ1n) is 7.21. The first kappa shape index (κ1) is 14.9. The average molecular weight is 277 g/mol. The molecule has 1 N–H and O–H groups in total. The quantitative estimate of drug-likeness (QED) is 0.840. The minimum Gasteiger partial charge on any atom is -0.496 e. The Morgan fingerprint density at radius 1 is 1.50 bits per heavy atom. The van der Waals surface area contributed by atoms with Gasteiger partial charge in [-0.1, -0.05) is 6.07 Å². The van der Waals surface area contributed by atoms with E-state index in [1.165, 1.54) is 0 Å². The van der Waals surface area contributed by atoms with E-state index in [1.54, 1.807) is 14.0 Å². The van der Waals surface area contributed by atoms with Crippen molar-refractivity contribution in [1.29, 1.82) is 0 Å². The highest BCUT2D eigenvalue weighted by Crippen LogP contribution is 2.33. The van der Waals surface area contributed by atoms with E-state index < -0.39 is 0 Å². The van der Waals surface area contributed by atoms with Gasteiger partial charge in [0.15, 0.2) is 5.78 Å². The Labute approximate surface area is 120 Å². The first-order valence-corrected chi connectivity index (χ1v) is 7.21. The Bertz CT molecular complexity index is 471. The summed E-state index contributed by atoms with van der Waals surface area (Å²) in [6, 6.07) is 5.74. The molecule has 4 heteroatoms. The standard InChI is InChI=1S/C16H23NO3/c1-12(19)16-14(6-3-7-15(16)20-2)17-9-4-5-13(11-17)8-10-18/h3,6-7,13,18H,4-5,8-11H2,1-2H3. The Kier molecular flexibility index (Phi) is 5.01. The fourth-order valence-corrected chi connectivity index (χ4v) is 3.01. The van der Waals surface area contributed by atoms with Gasteiger partial charge in [0.25, 0.3) is 0 Å². The molecule has 0 spiro atoms. The van der Waals surface area contributed by atoms with Gasteiger partial charge in [-0.05, 0) is 44.2 Å². The van der Waals surface area contributed by atoms with Crippen LogP contribution in [0.5, 0.6) is 5.75 Å². The summed E-state index contributed by atoms with van der Waals surface area (Å²) < 4.78 is 5.32. The number of anilines is 1. The number of carbonyl (C=O) groups excluding carboxylic acids is 1. The molecule has 0 aromatic heterocycles. The molecular weight excluding hydrogens is 254 g/mol. The third-order valence-corrected chi connectivity index (χ3v) is 3.97. The van der Waals surface area contributed by atoms with E-state index in [-0.39, 0.29) is 12.4 Å². The van der Waals surface area contributed by atoms with Crippen molar-refractivity contribution in [3.8, 4) is 5.75 Å². The number of aliphatic hydroxyl groups excluding tert-OH is 1. The number of nitrogens with zero attached hydrogens (tertiary/aromatic N) is 1. The highest BCUT2D eigenvalue weighted by Gasteiger charge is 2.24. The molecule has 1 aliphatic heterocycles. The van der Waals surface area contributed by atoms with Gasteiger partial charge < -0.3 is 14.7 Å². The number of hydrogen-bond donors (Lipinski definition) is 1. The molecule has 110 valence electrons. The van der Waals surface area contributed by atoms with E-state index in [9.17, 15) is 4.79 Å². The lowest BCUT2D eigenvalue weighted by molar-refractivity contribution is 0.101. The van der Waals surface area contributed by atoms with Crippen LogP contribution in [0.25, 0.3) is 0 Å². The predicted molar refractivity (Wildman–Crippen MR) is 79.6 cm³/mol. The average Bonchev–Trinajstić information content (AvgIpc) is 2.47. The molecule has 0 aliphatic carbocycles. The molecule has 0 radical (unpaired) electrons. The SMILES string of the molecule is COc1cccc(N2CCCC(CCO)C2)c1C(C)=O. The third kappa shape index (κ3) is 3.12. The maximum atomic E-state index is 11.9. The van der Waals surface area contributed by atoms with Crippen molar-refractivity contribution in [3.05, 3.63) is 23.8 Å². The third-order valence-electron chi connectivity index (χ3n) is 3.97. The van der Waals surface area contributed by atoms with E-state index in [4.69, 9.17) is 9.84 Å². The number of aliphatic hydroxyl groups is 1. The summed E-state index contributed by atoms with van der Waals surface area (Å²) in [5, 5.41) is 9.11. The van der Waals surface area contributed by atoms with Gasteiger partial charge in [-0.3, -0.25) is 4.79 Å². The predicted octanol–water partition coefficient (Wildman–Crippen LogP) is 2.50. The van der Waals surface area contributed by atoms with Gasteiger partial charge in [0, 0.05) is 19.7 Å². The number of carbonyl (C=O) groups is 1. The summed E-state index contributed by atoms with van der Waals surface area (Å²) >= 11 is 0.